The van der Waals surface area contributed by atoms with E-state index in [2.05, 4.69) is 197 Å². The molecule has 4 heterocycles. The number of furan rings is 1. The quantitative estimate of drug-likeness (QED) is 0.200. The first-order valence-corrected chi connectivity index (χ1v) is 19.0. The molecule has 12 rings (SSSR count). The molecule has 3 atom stereocenters. The minimum atomic E-state index is -0.279. The molecule has 9 aromatic rings. The third-order valence-electron chi connectivity index (χ3n) is 11.7. The van der Waals surface area contributed by atoms with Crippen molar-refractivity contribution in [3.05, 3.63) is 208 Å². The van der Waals surface area contributed by atoms with E-state index >= 15 is 0 Å². The highest BCUT2D eigenvalue weighted by Crippen LogP contribution is 2.48. The number of nitrogens with zero attached hydrogens (tertiary/aromatic N) is 3. The van der Waals surface area contributed by atoms with Gasteiger partial charge in [-0.3, -0.25) is 4.99 Å². The number of benzene rings is 7. The van der Waals surface area contributed by atoms with Gasteiger partial charge < -0.3 is 19.2 Å². The minimum absolute atomic E-state index is 0.0892. The van der Waals surface area contributed by atoms with E-state index in [9.17, 15) is 0 Å². The van der Waals surface area contributed by atoms with Gasteiger partial charge in [-0.05, 0) is 65.7 Å². The Labute approximate surface area is 316 Å². The van der Waals surface area contributed by atoms with Crippen LogP contribution in [0.2, 0.25) is 0 Å². The first kappa shape index (κ1) is 30.4. The zero-order valence-electron chi connectivity index (χ0n) is 29.8. The van der Waals surface area contributed by atoms with Gasteiger partial charge in [0.1, 0.15) is 17.3 Å². The summed E-state index contributed by atoms with van der Waals surface area (Å²) in [7, 11) is 0. The van der Waals surface area contributed by atoms with Crippen LogP contribution in [0.3, 0.4) is 0 Å². The summed E-state index contributed by atoms with van der Waals surface area (Å²) in [6.45, 7) is 0. The SMILES string of the molecule is C1=c2c(n(-c3ccccc3)c3ccccc23)=CC2C1c1ccccc1N2c1ccc2c(c1)oc1cccc(C3N=c4ccccc4=C(c4ccccc4)N3)c12. The monoisotopic (exact) mass is 706 g/mol. The number of fused-ring (bicyclic) bond motifs is 10. The first-order valence-electron chi connectivity index (χ1n) is 19.0. The largest absolute Gasteiger partial charge is 0.456 e. The molecule has 0 radical (unpaired) electrons. The average Bonchev–Trinajstić information content (AvgIpc) is 3.90. The molecule has 2 aliphatic heterocycles. The van der Waals surface area contributed by atoms with Crippen molar-refractivity contribution < 1.29 is 4.42 Å². The van der Waals surface area contributed by atoms with Crippen molar-refractivity contribution in [2.45, 2.75) is 18.1 Å². The maximum absolute atomic E-state index is 6.74. The van der Waals surface area contributed by atoms with Gasteiger partial charge in [0.2, 0.25) is 0 Å². The number of hydrogen-bond donors (Lipinski definition) is 1. The van der Waals surface area contributed by atoms with Crippen LogP contribution in [0, 0.1) is 0 Å². The highest BCUT2D eigenvalue weighted by molar-refractivity contribution is 6.08. The Kier molecular flexibility index (Phi) is 6.46. The van der Waals surface area contributed by atoms with Gasteiger partial charge in [-0.1, -0.05) is 121 Å². The van der Waals surface area contributed by atoms with Crippen molar-refractivity contribution in [2.75, 3.05) is 4.90 Å². The molecule has 2 aromatic heterocycles. The highest BCUT2D eigenvalue weighted by Gasteiger charge is 2.39. The summed E-state index contributed by atoms with van der Waals surface area (Å²) < 4.78 is 9.16. The van der Waals surface area contributed by atoms with Crippen molar-refractivity contribution in [3.8, 4) is 5.69 Å². The molecule has 1 N–H and O–H groups in total. The van der Waals surface area contributed by atoms with E-state index in [0.29, 0.717) is 0 Å². The lowest BCUT2D eigenvalue weighted by atomic mass is 9.90. The molecule has 5 nitrogen and oxygen atoms in total. The van der Waals surface area contributed by atoms with E-state index in [-0.39, 0.29) is 18.1 Å². The average molecular weight is 707 g/mol. The summed E-state index contributed by atoms with van der Waals surface area (Å²) in [4.78, 5) is 7.76. The van der Waals surface area contributed by atoms with Crippen LogP contribution in [-0.2, 0) is 0 Å². The third kappa shape index (κ3) is 4.50. The fourth-order valence-electron chi connectivity index (χ4n) is 9.39. The zero-order valence-corrected chi connectivity index (χ0v) is 29.8. The second-order valence-electron chi connectivity index (χ2n) is 14.7. The summed E-state index contributed by atoms with van der Waals surface area (Å²) in [5.74, 6) is 0.202. The predicted molar refractivity (Wildman–Crippen MR) is 222 cm³/mol. The van der Waals surface area contributed by atoms with Crippen molar-refractivity contribution in [2.24, 2.45) is 4.99 Å². The lowest BCUT2D eigenvalue weighted by Gasteiger charge is -2.29. The van der Waals surface area contributed by atoms with Gasteiger partial charge in [-0.25, -0.2) is 0 Å². The Balaban J connectivity index is 1.01. The molecule has 0 saturated carbocycles. The van der Waals surface area contributed by atoms with Gasteiger partial charge in [0, 0.05) is 61.2 Å². The van der Waals surface area contributed by atoms with E-state index in [1.54, 1.807) is 0 Å². The zero-order chi connectivity index (χ0) is 36.0. The van der Waals surface area contributed by atoms with Crippen LogP contribution in [-0.4, -0.2) is 10.6 Å². The maximum atomic E-state index is 6.74. The maximum Gasteiger partial charge on any atom is 0.146 e. The van der Waals surface area contributed by atoms with E-state index in [0.717, 1.165) is 55.0 Å². The van der Waals surface area contributed by atoms with Gasteiger partial charge in [-0.2, -0.15) is 0 Å². The molecule has 0 spiro atoms. The Bertz CT molecular complexity index is 3270. The summed E-state index contributed by atoms with van der Waals surface area (Å²) in [6, 6.07) is 60.5. The predicted octanol–water partition coefficient (Wildman–Crippen LogP) is 8.49. The number of nitrogens with one attached hydrogen (secondary N) is 1. The van der Waals surface area contributed by atoms with Crippen LogP contribution in [0.4, 0.5) is 11.4 Å². The molecular formula is C50H34N4O. The fourth-order valence-corrected chi connectivity index (χ4v) is 9.39. The standard InChI is InChI=1S/C50H34N4O/c1-3-14-31(15-4-1)49-36-20-7-10-22-41(36)51-50(52-49)38-21-13-25-46-48(38)37-27-26-33(28-47(37)55-46)54-43-24-12-9-19-35(43)40-29-39-34-18-8-11-23-42(34)53(44(39)30-45(40)54)32-16-5-2-6-17-32/h1-30,40,45,50,52H. The smallest absolute Gasteiger partial charge is 0.146 e. The van der Waals surface area contributed by atoms with Crippen LogP contribution in [0.25, 0.3) is 56.4 Å². The number of hydrogen-bond acceptors (Lipinski definition) is 4. The summed E-state index contributed by atoms with van der Waals surface area (Å²) >= 11 is 0. The molecule has 1 aliphatic carbocycles. The van der Waals surface area contributed by atoms with Gasteiger partial charge in [0.05, 0.1) is 28.0 Å². The minimum Gasteiger partial charge on any atom is -0.456 e. The molecule has 0 bridgehead atoms. The Morgan fingerprint density at radius 1 is 0.582 bits per heavy atom. The second-order valence-corrected chi connectivity index (χ2v) is 14.7. The van der Waals surface area contributed by atoms with Gasteiger partial charge in [-0.15, -0.1) is 0 Å². The Hall–Kier alpha value is -7.11. The molecule has 260 valence electrons. The number of anilines is 2. The highest BCUT2D eigenvalue weighted by atomic mass is 16.3. The third-order valence-corrected chi connectivity index (χ3v) is 11.7. The normalized spacial score (nSPS) is 18.1. The molecular weight excluding hydrogens is 673 g/mol. The van der Waals surface area contributed by atoms with Crippen molar-refractivity contribution in [3.63, 3.8) is 0 Å². The first-order chi connectivity index (χ1) is 27.3. The van der Waals surface area contributed by atoms with Gasteiger partial charge >= 0.3 is 0 Å². The van der Waals surface area contributed by atoms with Gasteiger partial charge in [0.25, 0.3) is 0 Å². The summed E-state index contributed by atoms with van der Waals surface area (Å²) in [5, 5.41) is 11.9. The molecule has 0 saturated heterocycles. The second kappa shape index (κ2) is 11.7. The summed E-state index contributed by atoms with van der Waals surface area (Å²) in [6.07, 6.45) is 4.72. The number of para-hydroxylation sites is 4. The van der Waals surface area contributed by atoms with E-state index in [4.69, 9.17) is 9.41 Å². The van der Waals surface area contributed by atoms with E-state index in [1.165, 1.54) is 38.4 Å². The van der Waals surface area contributed by atoms with Crippen LogP contribution >= 0.6 is 0 Å². The lowest BCUT2D eigenvalue weighted by Crippen LogP contribution is -2.40. The molecule has 0 fully saturated rings. The Morgan fingerprint density at radius 2 is 1.35 bits per heavy atom. The topological polar surface area (TPSA) is 45.7 Å². The number of aromatic nitrogens is 1. The molecule has 55 heavy (non-hydrogen) atoms. The molecule has 0 amide bonds. The number of rotatable bonds is 4. The van der Waals surface area contributed by atoms with Crippen LogP contribution in [0.15, 0.2) is 179 Å². The fraction of sp³-hybridized carbons (Fsp3) is 0.0600. The summed E-state index contributed by atoms with van der Waals surface area (Å²) in [5.41, 5.74) is 11.1. The Morgan fingerprint density at radius 3 is 2.25 bits per heavy atom. The van der Waals surface area contributed by atoms with E-state index in [1.807, 2.05) is 0 Å². The lowest BCUT2D eigenvalue weighted by molar-refractivity contribution is 0.636. The van der Waals surface area contributed by atoms with Crippen molar-refractivity contribution in [1.82, 2.24) is 9.88 Å². The van der Waals surface area contributed by atoms with Crippen LogP contribution in [0.5, 0.6) is 0 Å². The molecule has 3 aliphatic rings. The van der Waals surface area contributed by atoms with Crippen LogP contribution in [0.1, 0.15) is 28.8 Å². The van der Waals surface area contributed by atoms with Gasteiger partial charge in [0.15, 0.2) is 0 Å². The van der Waals surface area contributed by atoms with E-state index < -0.39 is 0 Å². The molecule has 7 aromatic carbocycles. The van der Waals surface area contributed by atoms with Crippen molar-refractivity contribution >= 4 is 62.1 Å². The van der Waals surface area contributed by atoms with Crippen LogP contribution < -0.4 is 31.4 Å². The molecule has 3 unspecified atom stereocenters. The molecule has 5 heteroatoms. The van der Waals surface area contributed by atoms with Crippen molar-refractivity contribution in [1.29, 1.82) is 0 Å².